The molecule has 20 heavy (non-hydrogen) atoms. The highest BCUT2D eigenvalue weighted by Gasteiger charge is 2.17. The first-order valence-electron chi connectivity index (χ1n) is 7.37. The highest BCUT2D eigenvalue weighted by atomic mass is 16.7. The van der Waals surface area contributed by atoms with Crippen LogP contribution in [0, 0.1) is 0 Å². The Kier molecular flexibility index (Phi) is 9.36. The molecule has 1 heterocycles. The molecule has 1 rings (SSSR count). The number of hydrogen-bond donors (Lipinski definition) is 0. The van der Waals surface area contributed by atoms with Crippen LogP contribution in [0.15, 0.2) is 5.11 Å². The van der Waals surface area contributed by atoms with Gasteiger partial charge in [0, 0.05) is 30.7 Å². The number of rotatable bonds is 10. The second-order valence-electron chi connectivity index (χ2n) is 4.69. The molecule has 116 valence electrons. The molecular formula is C13H26N4O3. The van der Waals surface area contributed by atoms with Gasteiger partial charge in [-0.25, -0.2) is 0 Å². The lowest BCUT2D eigenvalue weighted by Gasteiger charge is -2.29. The summed E-state index contributed by atoms with van der Waals surface area (Å²) in [6.07, 6.45) is 1.61. The molecule has 0 aromatic rings. The SMILES string of the molecule is CCOC(COCCN1CCC(N=[N+]=[N-])CC1)OCC. The summed E-state index contributed by atoms with van der Waals surface area (Å²) in [4.78, 5) is 5.20. The lowest BCUT2D eigenvalue weighted by Crippen LogP contribution is -2.37. The Hall–Kier alpha value is -0.850. The molecule has 7 heteroatoms. The molecule has 1 saturated heterocycles. The summed E-state index contributed by atoms with van der Waals surface area (Å²) >= 11 is 0. The average molecular weight is 286 g/mol. The van der Waals surface area contributed by atoms with Crippen LogP contribution in [0.3, 0.4) is 0 Å². The summed E-state index contributed by atoms with van der Waals surface area (Å²) in [5.41, 5.74) is 8.40. The van der Waals surface area contributed by atoms with E-state index in [4.69, 9.17) is 19.7 Å². The molecule has 7 nitrogen and oxygen atoms in total. The van der Waals surface area contributed by atoms with Crippen LogP contribution in [0.1, 0.15) is 26.7 Å². The van der Waals surface area contributed by atoms with Gasteiger partial charge in [-0.2, -0.15) is 0 Å². The number of azide groups is 1. The normalized spacial score (nSPS) is 17.4. The first-order valence-corrected chi connectivity index (χ1v) is 7.37. The van der Waals surface area contributed by atoms with E-state index >= 15 is 0 Å². The van der Waals surface area contributed by atoms with E-state index in [-0.39, 0.29) is 12.3 Å². The highest BCUT2D eigenvalue weighted by molar-refractivity contribution is 4.77. The zero-order valence-corrected chi connectivity index (χ0v) is 12.5. The first-order chi connectivity index (χ1) is 9.80. The maximum atomic E-state index is 8.40. The Morgan fingerprint density at radius 2 is 1.90 bits per heavy atom. The Morgan fingerprint density at radius 1 is 1.25 bits per heavy atom. The van der Waals surface area contributed by atoms with Crippen molar-refractivity contribution in [3.8, 4) is 0 Å². The van der Waals surface area contributed by atoms with Crippen LogP contribution in [0.2, 0.25) is 0 Å². The molecule has 0 bridgehead atoms. The third-order valence-corrected chi connectivity index (χ3v) is 3.28. The third kappa shape index (κ3) is 7.07. The topological polar surface area (TPSA) is 79.7 Å². The van der Waals surface area contributed by atoms with Gasteiger partial charge in [0.2, 0.25) is 0 Å². The summed E-state index contributed by atoms with van der Waals surface area (Å²) in [5, 5.41) is 3.77. The van der Waals surface area contributed by atoms with Gasteiger partial charge in [0.05, 0.1) is 13.2 Å². The van der Waals surface area contributed by atoms with Crippen LogP contribution < -0.4 is 0 Å². The van der Waals surface area contributed by atoms with Crippen molar-refractivity contribution in [3.63, 3.8) is 0 Å². The predicted octanol–water partition coefficient (Wildman–Crippen LogP) is 2.18. The Balaban J connectivity index is 2.08. The van der Waals surface area contributed by atoms with Gasteiger partial charge in [-0.3, -0.25) is 0 Å². The van der Waals surface area contributed by atoms with Gasteiger partial charge >= 0.3 is 0 Å². The van der Waals surface area contributed by atoms with Crippen LogP contribution in [-0.4, -0.2) is 63.3 Å². The van der Waals surface area contributed by atoms with Gasteiger partial charge in [0.1, 0.15) is 0 Å². The molecule has 0 N–H and O–H groups in total. The molecule has 0 aromatic carbocycles. The van der Waals surface area contributed by atoms with E-state index in [0.29, 0.717) is 26.4 Å². The number of hydrogen-bond acceptors (Lipinski definition) is 5. The van der Waals surface area contributed by atoms with Gasteiger partial charge in [-0.15, -0.1) is 0 Å². The van der Waals surface area contributed by atoms with Crippen LogP contribution in [0.4, 0.5) is 0 Å². The lowest BCUT2D eigenvalue weighted by molar-refractivity contribution is -0.167. The Labute approximate surface area is 120 Å². The van der Waals surface area contributed by atoms with Gasteiger partial charge in [0.15, 0.2) is 6.29 Å². The minimum absolute atomic E-state index is 0.164. The second-order valence-corrected chi connectivity index (χ2v) is 4.69. The van der Waals surface area contributed by atoms with Crippen LogP contribution in [-0.2, 0) is 14.2 Å². The molecular weight excluding hydrogens is 260 g/mol. The number of nitrogens with zero attached hydrogens (tertiary/aromatic N) is 4. The monoisotopic (exact) mass is 286 g/mol. The molecule has 0 aliphatic carbocycles. The van der Waals surface area contributed by atoms with Gasteiger partial charge in [-0.1, -0.05) is 5.11 Å². The van der Waals surface area contributed by atoms with Crippen molar-refractivity contribution in [2.45, 2.75) is 39.0 Å². The fourth-order valence-corrected chi connectivity index (χ4v) is 2.22. The van der Waals surface area contributed by atoms with Crippen molar-refractivity contribution in [1.29, 1.82) is 0 Å². The van der Waals surface area contributed by atoms with Crippen molar-refractivity contribution < 1.29 is 14.2 Å². The second kappa shape index (κ2) is 10.9. The molecule has 0 saturated carbocycles. The summed E-state index contributed by atoms with van der Waals surface area (Å²) in [6, 6.07) is 0.164. The van der Waals surface area contributed by atoms with E-state index in [0.717, 1.165) is 32.5 Å². The maximum Gasteiger partial charge on any atom is 0.180 e. The van der Waals surface area contributed by atoms with E-state index in [1.807, 2.05) is 13.8 Å². The maximum absolute atomic E-state index is 8.40. The van der Waals surface area contributed by atoms with Crippen molar-refractivity contribution in [3.05, 3.63) is 10.4 Å². The lowest BCUT2D eigenvalue weighted by atomic mass is 10.1. The minimum atomic E-state index is -0.263. The summed E-state index contributed by atoms with van der Waals surface area (Å²) in [5.74, 6) is 0. The molecule has 0 radical (unpaired) electrons. The van der Waals surface area contributed by atoms with Crippen LogP contribution in [0.5, 0.6) is 0 Å². The molecule has 0 aromatic heterocycles. The van der Waals surface area contributed by atoms with Crippen molar-refractivity contribution in [1.82, 2.24) is 4.90 Å². The fraction of sp³-hybridized carbons (Fsp3) is 1.00. The van der Waals surface area contributed by atoms with E-state index in [2.05, 4.69) is 14.9 Å². The standard InChI is InChI=1S/C13H26N4O3/c1-3-19-13(20-4-2)11-18-10-9-17-7-5-12(6-8-17)15-16-14/h12-13H,3-11H2,1-2H3. The Bertz CT molecular complexity index is 283. The molecule has 0 unspecified atom stereocenters. The van der Waals surface area contributed by atoms with E-state index < -0.39 is 0 Å². The molecule has 0 amide bonds. The zero-order chi connectivity index (χ0) is 14.6. The fourth-order valence-electron chi connectivity index (χ4n) is 2.22. The van der Waals surface area contributed by atoms with E-state index in [1.54, 1.807) is 0 Å². The molecule has 1 aliphatic rings. The molecule has 1 aliphatic heterocycles. The number of ether oxygens (including phenoxy) is 3. The summed E-state index contributed by atoms with van der Waals surface area (Å²) < 4.78 is 16.4. The Morgan fingerprint density at radius 3 is 2.45 bits per heavy atom. The van der Waals surface area contributed by atoms with Crippen molar-refractivity contribution >= 4 is 0 Å². The summed E-state index contributed by atoms with van der Waals surface area (Å²) in [6.45, 7) is 9.11. The first kappa shape index (κ1) is 17.2. The van der Waals surface area contributed by atoms with Crippen LogP contribution >= 0.6 is 0 Å². The van der Waals surface area contributed by atoms with Crippen molar-refractivity contribution in [2.75, 3.05) is 46.1 Å². The van der Waals surface area contributed by atoms with Gasteiger partial charge < -0.3 is 19.1 Å². The van der Waals surface area contributed by atoms with E-state index in [1.165, 1.54) is 0 Å². The smallest absolute Gasteiger partial charge is 0.180 e. The zero-order valence-electron chi connectivity index (χ0n) is 12.5. The van der Waals surface area contributed by atoms with Gasteiger partial charge in [0.25, 0.3) is 0 Å². The largest absolute Gasteiger partial charge is 0.375 e. The molecule has 0 atom stereocenters. The van der Waals surface area contributed by atoms with Crippen molar-refractivity contribution in [2.24, 2.45) is 5.11 Å². The number of likely N-dealkylation sites (tertiary alicyclic amines) is 1. The summed E-state index contributed by atoms with van der Waals surface area (Å²) in [7, 11) is 0. The average Bonchev–Trinajstić information content (AvgIpc) is 2.46. The molecule has 0 spiro atoms. The minimum Gasteiger partial charge on any atom is -0.375 e. The van der Waals surface area contributed by atoms with Gasteiger partial charge in [-0.05, 0) is 45.3 Å². The molecule has 1 fully saturated rings. The highest BCUT2D eigenvalue weighted by Crippen LogP contribution is 2.13. The third-order valence-electron chi connectivity index (χ3n) is 3.28. The number of piperidine rings is 1. The van der Waals surface area contributed by atoms with E-state index in [9.17, 15) is 0 Å². The predicted molar refractivity (Wildman–Crippen MR) is 76.5 cm³/mol. The van der Waals surface area contributed by atoms with Crippen LogP contribution in [0.25, 0.3) is 10.4 Å². The quantitative estimate of drug-likeness (QED) is 0.203.